The standard InChI is InChI=1S/C18H20O/c1-4-7-18(17-9-6-5-8-14(17)2)15-10-12-16(19-3)13-11-15/h4-13,18H,1-3H3. The molecule has 0 radical (unpaired) electrons. The fraction of sp³-hybridized carbons (Fsp3) is 0.222. The van der Waals surface area contributed by atoms with Crippen LogP contribution in [0.2, 0.25) is 0 Å². The van der Waals surface area contributed by atoms with E-state index in [4.69, 9.17) is 4.74 Å². The van der Waals surface area contributed by atoms with Crippen LogP contribution in [0.4, 0.5) is 0 Å². The van der Waals surface area contributed by atoms with Crippen molar-refractivity contribution in [2.24, 2.45) is 0 Å². The smallest absolute Gasteiger partial charge is 0.118 e. The van der Waals surface area contributed by atoms with Crippen LogP contribution in [0.3, 0.4) is 0 Å². The summed E-state index contributed by atoms with van der Waals surface area (Å²) in [6, 6.07) is 16.8. The molecule has 0 aliphatic rings. The maximum absolute atomic E-state index is 5.22. The molecular weight excluding hydrogens is 232 g/mol. The summed E-state index contributed by atoms with van der Waals surface area (Å²) >= 11 is 0. The average Bonchev–Trinajstić information content (AvgIpc) is 2.46. The predicted octanol–water partition coefficient (Wildman–Crippen LogP) is 4.71. The van der Waals surface area contributed by atoms with Gasteiger partial charge in [0.15, 0.2) is 0 Å². The minimum Gasteiger partial charge on any atom is -0.497 e. The fourth-order valence-corrected chi connectivity index (χ4v) is 2.33. The number of hydrogen-bond acceptors (Lipinski definition) is 1. The minimum atomic E-state index is 0.303. The Bertz CT molecular complexity index is 552. The molecular formula is C18H20O. The summed E-state index contributed by atoms with van der Waals surface area (Å²) in [5.74, 6) is 1.20. The molecule has 2 aromatic rings. The van der Waals surface area contributed by atoms with Crippen molar-refractivity contribution in [3.05, 3.63) is 77.4 Å². The van der Waals surface area contributed by atoms with E-state index in [0.717, 1.165) is 5.75 Å². The van der Waals surface area contributed by atoms with E-state index in [9.17, 15) is 0 Å². The molecule has 1 unspecified atom stereocenters. The van der Waals surface area contributed by atoms with Crippen LogP contribution < -0.4 is 4.74 Å². The van der Waals surface area contributed by atoms with Crippen molar-refractivity contribution in [1.82, 2.24) is 0 Å². The normalized spacial score (nSPS) is 12.6. The molecule has 0 spiro atoms. The topological polar surface area (TPSA) is 9.23 Å². The highest BCUT2D eigenvalue weighted by Gasteiger charge is 2.12. The van der Waals surface area contributed by atoms with Crippen LogP contribution in [-0.4, -0.2) is 7.11 Å². The van der Waals surface area contributed by atoms with Gasteiger partial charge >= 0.3 is 0 Å². The van der Waals surface area contributed by atoms with Crippen LogP contribution in [0.15, 0.2) is 60.7 Å². The number of ether oxygens (including phenoxy) is 1. The lowest BCUT2D eigenvalue weighted by molar-refractivity contribution is 0.414. The average molecular weight is 252 g/mol. The molecule has 2 rings (SSSR count). The Labute approximate surface area is 115 Å². The van der Waals surface area contributed by atoms with Gasteiger partial charge < -0.3 is 4.74 Å². The molecule has 1 heteroatoms. The van der Waals surface area contributed by atoms with E-state index in [2.05, 4.69) is 62.4 Å². The molecule has 1 atom stereocenters. The molecule has 0 heterocycles. The van der Waals surface area contributed by atoms with Crippen LogP contribution in [0.1, 0.15) is 29.5 Å². The van der Waals surface area contributed by atoms with Crippen molar-refractivity contribution in [3.63, 3.8) is 0 Å². The van der Waals surface area contributed by atoms with E-state index in [-0.39, 0.29) is 0 Å². The number of aryl methyl sites for hydroxylation is 1. The van der Waals surface area contributed by atoms with Gasteiger partial charge in [0.25, 0.3) is 0 Å². The van der Waals surface area contributed by atoms with Crippen molar-refractivity contribution in [1.29, 1.82) is 0 Å². The van der Waals surface area contributed by atoms with Crippen molar-refractivity contribution in [2.45, 2.75) is 19.8 Å². The van der Waals surface area contributed by atoms with Gasteiger partial charge in [0, 0.05) is 5.92 Å². The van der Waals surface area contributed by atoms with E-state index in [1.54, 1.807) is 7.11 Å². The second-order valence-corrected chi connectivity index (χ2v) is 4.63. The molecule has 0 saturated carbocycles. The minimum absolute atomic E-state index is 0.303. The van der Waals surface area contributed by atoms with Crippen molar-refractivity contribution in [3.8, 4) is 5.75 Å². The lowest BCUT2D eigenvalue weighted by Crippen LogP contribution is -2.00. The SMILES string of the molecule is CC=CC(c1ccc(OC)cc1)c1ccccc1C. The molecule has 98 valence electrons. The van der Waals surface area contributed by atoms with E-state index < -0.39 is 0 Å². The second-order valence-electron chi connectivity index (χ2n) is 4.63. The zero-order chi connectivity index (χ0) is 13.7. The van der Waals surface area contributed by atoms with Gasteiger partial charge in [-0.1, -0.05) is 48.6 Å². The van der Waals surface area contributed by atoms with Gasteiger partial charge in [-0.3, -0.25) is 0 Å². The highest BCUT2D eigenvalue weighted by atomic mass is 16.5. The lowest BCUT2D eigenvalue weighted by atomic mass is 9.88. The third kappa shape index (κ3) is 3.05. The van der Waals surface area contributed by atoms with Gasteiger partial charge in [0.05, 0.1) is 7.11 Å². The third-order valence-corrected chi connectivity index (χ3v) is 3.38. The summed E-state index contributed by atoms with van der Waals surface area (Å²) in [6.07, 6.45) is 4.35. The Morgan fingerprint density at radius 3 is 2.26 bits per heavy atom. The summed E-state index contributed by atoms with van der Waals surface area (Å²) in [7, 11) is 1.69. The first-order chi connectivity index (χ1) is 9.26. The lowest BCUT2D eigenvalue weighted by Gasteiger charge is -2.16. The van der Waals surface area contributed by atoms with Crippen LogP contribution in [0.25, 0.3) is 0 Å². The largest absolute Gasteiger partial charge is 0.497 e. The van der Waals surface area contributed by atoms with Crippen LogP contribution in [-0.2, 0) is 0 Å². The molecule has 19 heavy (non-hydrogen) atoms. The molecule has 0 aromatic heterocycles. The Kier molecular flexibility index (Phi) is 4.40. The summed E-state index contributed by atoms with van der Waals surface area (Å²) in [4.78, 5) is 0. The van der Waals surface area contributed by atoms with Crippen LogP contribution >= 0.6 is 0 Å². The molecule has 0 saturated heterocycles. The first kappa shape index (κ1) is 13.4. The van der Waals surface area contributed by atoms with Crippen molar-refractivity contribution < 1.29 is 4.74 Å². The molecule has 1 nitrogen and oxygen atoms in total. The number of rotatable bonds is 4. The maximum atomic E-state index is 5.22. The Hall–Kier alpha value is -2.02. The molecule has 0 N–H and O–H groups in total. The van der Waals surface area contributed by atoms with Crippen molar-refractivity contribution >= 4 is 0 Å². The van der Waals surface area contributed by atoms with Gasteiger partial charge in [0.1, 0.15) is 5.75 Å². The Morgan fingerprint density at radius 1 is 1.00 bits per heavy atom. The number of allylic oxidation sites excluding steroid dienone is 2. The second kappa shape index (κ2) is 6.24. The summed E-state index contributed by atoms with van der Waals surface area (Å²) in [5, 5.41) is 0. The van der Waals surface area contributed by atoms with E-state index in [0.29, 0.717) is 5.92 Å². The maximum Gasteiger partial charge on any atom is 0.118 e. The van der Waals surface area contributed by atoms with Gasteiger partial charge in [-0.15, -0.1) is 0 Å². The molecule has 0 fully saturated rings. The fourth-order valence-electron chi connectivity index (χ4n) is 2.33. The summed E-state index contributed by atoms with van der Waals surface area (Å²) < 4.78 is 5.22. The monoisotopic (exact) mass is 252 g/mol. The zero-order valence-corrected chi connectivity index (χ0v) is 11.8. The van der Waals surface area contributed by atoms with Gasteiger partial charge in [0.2, 0.25) is 0 Å². The highest BCUT2D eigenvalue weighted by Crippen LogP contribution is 2.29. The third-order valence-electron chi connectivity index (χ3n) is 3.38. The molecule has 0 aliphatic carbocycles. The molecule has 0 amide bonds. The molecule has 0 bridgehead atoms. The van der Waals surface area contributed by atoms with Crippen molar-refractivity contribution in [2.75, 3.05) is 7.11 Å². The summed E-state index contributed by atoms with van der Waals surface area (Å²) in [5.41, 5.74) is 3.96. The van der Waals surface area contributed by atoms with Gasteiger partial charge in [-0.2, -0.15) is 0 Å². The van der Waals surface area contributed by atoms with E-state index >= 15 is 0 Å². The zero-order valence-electron chi connectivity index (χ0n) is 11.8. The highest BCUT2D eigenvalue weighted by molar-refractivity contribution is 5.42. The molecule has 2 aromatic carbocycles. The Morgan fingerprint density at radius 2 is 1.68 bits per heavy atom. The van der Waals surface area contributed by atoms with E-state index in [1.165, 1.54) is 16.7 Å². The predicted molar refractivity (Wildman–Crippen MR) is 80.8 cm³/mol. The first-order valence-corrected chi connectivity index (χ1v) is 6.58. The van der Waals surface area contributed by atoms with Gasteiger partial charge in [-0.05, 0) is 42.7 Å². The van der Waals surface area contributed by atoms with Crippen LogP contribution in [0.5, 0.6) is 5.75 Å². The number of benzene rings is 2. The van der Waals surface area contributed by atoms with Crippen LogP contribution in [0, 0.1) is 6.92 Å². The van der Waals surface area contributed by atoms with Gasteiger partial charge in [-0.25, -0.2) is 0 Å². The summed E-state index contributed by atoms with van der Waals surface area (Å²) in [6.45, 7) is 4.23. The first-order valence-electron chi connectivity index (χ1n) is 6.58. The van der Waals surface area contributed by atoms with E-state index in [1.807, 2.05) is 12.1 Å². The number of hydrogen-bond donors (Lipinski definition) is 0. The number of methoxy groups -OCH3 is 1. The quantitative estimate of drug-likeness (QED) is 0.716. The molecule has 0 aliphatic heterocycles. The Balaban J connectivity index is 2.42.